The van der Waals surface area contributed by atoms with E-state index in [4.69, 9.17) is 0 Å². The van der Waals surface area contributed by atoms with Gasteiger partial charge in [0, 0.05) is 21.9 Å². The van der Waals surface area contributed by atoms with E-state index in [2.05, 4.69) is 24.3 Å². The summed E-state index contributed by atoms with van der Waals surface area (Å²) in [6, 6.07) is 24.3. The summed E-state index contributed by atoms with van der Waals surface area (Å²) in [5.41, 5.74) is 1.86. The Labute approximate surface area is 176 Å². The Morgan fingerprint density at radius 2 is 0.966 bits per heavy atom. The van der Waals surface area contributed by atoms with Crippen LogP contribution in [0.4, 0.5) is 0 Å². The molecule has 2 unspecified atom stereocenters. The molecule has 1 aliphatic heterocycles. The van der Waals surface area contributed by atoms with Gasteiger partial charge in [-0.15, -0.1) is 11.3 Å². The van der Waals surface area contributed by atoms with E-state index in [1.165, 1.54) is 11.3 Å². The zero-order valence-corrected chi connectivity index (χ0v) is 17.6. The van der Waals surface area contributed by atoms with Crippen LogP contribution < -0.4 is 0 Å². The molecule has 1 aliphatic rings. The highest BCUT2D eigenvalue weighted by atomic mass is 32.2. The number of hydrogen-bond acceptors (Lipinski definition) is 3. The van der Waals surface area contributed by atoms with Crippen molar-refractivity contribution in [2.24, 2.45) is 0 Å². The predicted molar refractivity (Wildman–Crippen MR) is 121 cm³/mol. The molecule has 2 atom stereocenters. The average Bonchev–Trinajstić information content (AvgIpc) is 3.26. The Morgan fingerprint density at radius 1 is 0.517 bits per heavy atom. The normalized spacial score (nSPS) is 17.9. The topological polar surface area (TPSA) is 34.1 Å². The van der Waals surface area contributed by atoms with Crippen molar-refractivity contribution in [1.82, 2.24) is 0 Å². The molecule has 0 bridgehead atoms. The highest BCUT2D eigenvalue weighted by Crippen LogP contribution is 2.46. The lowest BCUT2D eigenvalue weighted by molar-refractivity contribution is 0.675. The van der Waals surface area contributed by atoms with E-state index < -0.39 is 21.6 Å². The largest absolute Gasteiger partial charge is 0.249 e. The third-order valence-electron chi connectivity index (χ3n) is 5.42. The van der Waals surface area contributed by atoms with E-state index in [0.717, 1.165) is 42.5 Å². The summed E-state index contributed by atoms with van der Waals surface area (Å²) in [6.45, 7) is 0. The first kappa shape index (κ1) is 17.3. The first-order valence-electron chi connectivity index (χ1n) is 9.17. The van der Waals surface area contributed by atoms with Crippen LogP contribution >= 0.6 is 11.3 Å². The molecule has 29 heavy (non-hydrogen) atoms. The summed E-state index contributed by atoms with van der Waals surface area (Å²) in [5, 5.41) is 7.97. The summed E-state index contributed by atoms with van der Waals surface area (Å²) >= 11 is 1.45. The standard InChI is InChI=1S/C24H14O2S3/c25-28-19-11-9-15-5-1-3-7-17(15)23(19)24-18-8-4-2-6-16(18)10-12-20(24)29(26)22-14-27-13-21(22)28/h1-14H. The average molecular weight is 431 g/mol. The zero-order chi connectivity index (χ0) is 19.5. The van der Waals surface area contributed by atoms with Crippen LogP contribution in [0.3, 0.4) is 0 Å². The molecule has 0 aliphatic carbocycles. The van der Waals surface area contributed by atoms with E-state index in [9.17, 15) is 8.42 Å². The van der Waals surface area contributed by atoms with Gasteiger partial charge >= 0.3 is 0 Å². The molecule has 2 heterocycles. The maximum absolute atomic E-state index is 13.7. The third kappa shape index (κ3) is 2.45. The molecule has 6 rings (SSSR count). The van der Waals surface area contributed by atoms with Crippen LogP contribution in [-0.4, -0.2) is 8.42 Å². The molecule has 4 aromatic carbocycles. The fourth-order valence-corrected chi connectivity index (χ4v) is 8.45. The van der Waals surface area contributed by atoms with E-state index in [-0.39, 0.29) is 0 Å². The Hall–Kier alpha value is -2.60. The molecule has 0 amide bonds. The van der Waals surface area contributed by atoms with Crippen molar-refractivity contribution in [3.05, 3.63) is 83.6 Å². The summed E-state index contributed by atoms with van der Waals surface area (Å²) in [6.07, 6.45) is 0. The molecule has 2 nitrogen and oxygen atoms in total. The lowest BCUT2D eigenvalue weighted by atomic mass is 9.94. The molecule has 140 valence electrons. The number of benzene rings is 4. The van der Waals surface area contributed by atoms with E-state index in [1.807, 2.05) is 59.3 Å². The lowest BCUT2D eigenvalue weighted by Gasteiger charge is -2.21. The lowest BCUT2D eigenvalue weighted by Crippen LogP contribution is -2.07. The Bertz CT molecular complexity index is 1390. The van der Waals surface area contributed by atoms with Crippen LogP contribution in [0.5, 0.6) is 0 Å². The van der Waals surface area contributed by atoms with Gasteiger partial charge in [-0.1, -0.05) is 60.7 Å². The van der Waals surface area contributed by atoms with Crippen molar-refractivity contribution in [3.63, 3.8) is 0 Å². The van der Waals surface area contributed by atoms with Gasteiger partial charge in [0.2, 0.25) is 0 Å². The second-order valence-corrected chi connectivity index (χ2v) is 10.5. The molecule has 5 aromatic rings. The van der Waals surface area contributed by atoms with Crippen LogP contribution in [0.2, 0.25) is 0 Å². The summed E-state index contributed by atoms with van der Waals surface area (Å²) in [4.78, 5) is 2.86. The second kappa shape index (κ2) is 6.46. The van der Waals surface area contributed by atoms with Crippen molar-refractivity contribution < 1.29 is 8.42 Å². The van der Waals surface area contributed by atoms with Gasteiger partial charge in [0.15, 0.2) is 0 Å². The van der Waals surface area contributed by atoms with Crippen molar-refractivity contribution in [2.75, 3.05) is 0 Å². The predicted octanol–water partition coefficient (Wildman–Crippen LogP) is 6.37. The first-order valence-corrected chi connectivity index (χ1v) is 12.4. The molecule has 1 aromatic heterocycles. The van der Waals surface area contributed by atoms with Crippen molar-refractivity contribution in [2.45, 2.75) is 19.6 Å². The highest BCUT2D eigenvalue weighted by Gasteiger charge is 2.29. The molecule has 0 fully saturated rings. The summed E-state index contributed by atoms with van der Waals surface area (Å²) < 4.78 is 27.3. The van der Waals surface area contributed by atoms with Crippen LogP contribution in [0.15, 0.2) is 103 Å². The van der Waals surface area contributed by atoms with Crippen molar-refractivity contribution in [3.8, 4) is 11.1 Å². The minimum absolute atomic E-state index is 0.656. The molecule has 0 saturated heterocycles. The Balaban J connectivity index is 1.90. The van der Waals surface area contributed by atoms with Gasteiger partial charge in [-0.25, -0.2) is 8.42 Å². The fraction of sp³-hybridized carbons (Fsp3) is 0. The van der Waals surface area contributed by atoms with E-state index >= 15 is 0 Å². The smallest absolute Gasteiger partial charge is 0.0877 e. The van der Waals surface area contributed by atoms with Crippen molar-refractivity contribution in [1.29, 1.82) is 0 Å². The van der Waals surface area contributed by atoms with Crippen LogP contribution in [-0.2, 0) is 21.6 Å². The minimum Gasteiger partial charge on any atom is -0.249 e. The molecular weight excluding hydrogens is 416 g/mol. The quantitative estimate of drug-likeness (QED) is 0.281. The molecule has 0 saturated carbocycles. The number of rotatable bonds is 0. The molecule has 0 radical (unpaired) electrons. The van der Waals surface area contributed by atoms with Gasteiger partial charge < -0.3 is 0 Å². The maximum atomic E-state index is 13.7. The zero-order valence-electron chi connectivity index (χ0n) is 15.1. The number of thiophene rings is 1. The number of hydrogen-bond donors (Lipinski definition) is 0. The van der Waals surface area contributed by atoms with Gasteiger partial charge in [-0.2, -0.15) is 0 Å². The van der Waals surface area contributed by atoms with Crippen LogP contribution in [0.25, 0.3) is 32.7 Å². The van der Waals surface area contributed by atoms with Crippen LogP contribution in [0, 0.1) is 0 Å². The highest BCUT2D eigenvalue weighted by molar-refractivity contribution is 7.88. The Kier molecular flexibility index (Phi) is 3.85. The molecule has 0 N–H and O–H groups in total. The van der Waals surface area contributed by atoms with E-state index in [1.54, 1.807) is 0 Å². The van der Waals surface area contributed by atoms with Crippen molar-refractivity contribution >= 4 is 54.5 Å². The van der Waals surface area contributed by atoms with Crippen LogP contribution in [0.1, 0.15) is 0 Å². The summed E-state index contributed by atoms with van der Waals surface area (Å²) in [7, 11) is -2.79. The number of fused-ring (bicyclic) bond motifs is 8. The third-order valence-corrected chi connectivity index (χ3v) is 9.55. The molecule has 5 heteroatoms. The molecular formula is C24H14O2S3. The van der Waals surface area contributed by atoms with Gasteiger partial charge in [0.05, 0.1) is 41.2 Å². The molecule has 0 spiro atoms. The minimum atomic E-state index is -1.40. The van der Waals surface area contributed by atoms with Gasteiger partial charge in [-0.3, -0.25) is 0 Å². The summed E-state index contributed by atoms with van der Waals surface area (Å²) in [5.74, 6) is 0. The Morgan fingerprint density at radius 3 is 1.45 bits per heavy atom. The van der Waals surface area contributed by atoms with Gasteiger partial charge in [0.1, 0.15) is 0 Å². The van der Waals surface area contributed by atoms with Gasteiger partial charge in [0.25, 0.3) is 0 Å². The maximum Gasteiger partial charge on any atom is 0.0877 e. The second-order valence-electron chi connectivity index (χ2n) is 6.96. The first-order chi connectivity index (χ1) is 14.2. The SMILES string of the molecule is O=S1c2cscc2S(=O)c2ccc3ccccc3c2-c2c1ccc1ccccc21. The van der Waals surface area contributed by atoms with E-state index in [0.29, 0.717) is 9.79 Å². The monoisotopic (exact) mass is 430 g/mol. The fourth-order valence-electron chi connectivity index (χ4n) is 4.11. The van der Waals surface area contributed by atoms with Gasteiger partial charge in [-0.05, 0) is 33.7 Å².